The molecule has 1 N–H and O–H groups in total. The summed E-state index contributed by atoms with van der Waals surface area (Å²) in [6.07, 6.45) is 1.80. The lowest BCUT2D eigenvalue weighted by Gasteiger charge is -2.23. The molecule has 2 aromatic rings. The normalized spacial score (nSPS) is 16.4. The zero-order valence-corrected chi connectivity index (χ0v) is 17.3. The smallest absolute Gasteiger partial charge is 0.243 e. The molecule has 152 valence electrons. The maximum atomic E-state index is 12.6. The van der Waals surface area contributed by atoms with Gasteiger partial charge in [0.25, 0.3) is 0 Å². The minimum atomic E-state index is -3.44. The number of furan rings is 1. The molecule has 1 unspecified atom stereocenters. The van der Waals surface area contributed by atoms with Crippen molar-refractivity contribution in [3.05, 3.63) is 47.9 Å². The molecule has 1 aliphatic heterocycles. The van der Waals surface area contributed by atoms with E-state index in [1.807, 2.05) is 37.9 Å². The summed E-state index contributed by atoms with van der Waals surface area (Å²) in [6.45, 7) is 5.36. The Morgan fingerprint density at radius 2 is 1.82 bits per heavy atom. The molecule has 3 rings (SSSR count). The first-order chi connectivity index (χ1) is 13.3. The number of nitrogens with zero attached hydrogens (tertiary/aromatic N) is 2. The number of nitrogens with one attached hydrogen (secondary N) is 1. The molecule has 1 atom stereocenters. The molecule has 0 radical (unpaired) electrons. The zero-order valence-electron chi connectivity index (χ0n) is 16.5. The zero-order chi connectivity index (χ0) is 20.3. The molecule has 1 aromatic carbocycles. The average Bonchev–Trinajstić information content (AvgIpc) is 3.34. The Hall–Kier alpha value is -2.16. The first kappa shape index (κ1) is 20.6. The Labute approximate surface area is 166 Å². The maximum absolute atomic E-state index is 12.6. The third kappa shape index (κ3) is 4.63. The number of carbonyl (C=O) groups excluding carboxylic acids is 1. The molecule has 1 fully saturated rings. The van der Waals surface area contributed by atoms with Gasteiger partial charge in [-0.15, -0.1) is 0 Å². The van der Waals surface area contributed by atoms with E-state index in [-0.39, 0.29) is 16.8 Å². The Bertz CT molecular complexity index is 915. The maximum Gasteiger partial charge on any atom is 0.243 e. The summed E-state index contributed by atoms with van der Waals surface area (Å²) in [5, 5.41) is 2.84. The van der Waals surface area contributed by atoms with Crippen molar-refractivity contribution >= 4 is 21.6 Å². The standard InChI is InChI=1S/C20H27N3O4S/c1-15-6-9-18(27-15)14-22(3)16(2)20(24)21-17-7-10-19(11-8-17)28(25,26)23-12-4-5-13-23/h6-11,16H,4-5,12-14H2,1-3H3,(H,21,24). The summed E-state index contributed by atoms with van der Waals surface area (Å²) in [5.41, 5.74) is 0.569. The van der Waals surface area contributed by atoms with Gasteiger partial charge in [0, 0.05) is 18.8 Å². The second-order valence-corrected chi connectivity index (χ2v) is 9.17. The third-order valence-electron chi connectivity index (χ3n) is 5.07. The van der Waals surface area contributed by atoms with E-state index in [2.05, 4.69) is 5.32 Å². The number of benzene rings is 1. The van der Waals surface area contributed by atoms with Crippen molar-refractivity contribution in [2.45, 2.75) is 44.2 Å². The Morgan fingerprint density at radius 1 is 1.18 bits per heavy atom. The number of anilines is 1. The highest BCUT2D eigenvalue weighted by Crippen LogP contribution is 2.22. The second-order valence-electron chi connectivity index (χ2n) is 7.23. The van der Waals surface area contributed by atoms with Crippen LogP contribution in [0.1, 0.15) is 31.3 Å². The minimum absolute atomic E-state index is 0.166. The van der Waals surface area contributed by atoms with Crippen molar-refractivity contribution in [1.29, 1.82) is 0 Å². The van der Waals surface area contributed by atoms with Gasteiger partial charge in [-0.1, -0.05) is 0 Å². The second kappa shape index (κ2) is 8.46. The van der Waals surface area contributed by atoms with E-state index in [9.17, 15) is 13.2 Å². The van der Waals surface area contributed by atoms with E-state index in [0.29, 0.717) is 25.3 Å². The summed E-state index contributed by atoms with van der Waals surface area (Å²) in [5.74, 6) is 1.47. The largest absolute Gasteiger partial charge is 0.465 e. The van der Waals surface area contributed by atoms with Crippen LogP contribution in [0.25, 0.3) is 0 Å². The van der Waals surface area contributed by atoms with Crippen LogP contribution >= 0.6 is 0 Å². The molecule has 0 aliphatic carbocycles. The molecular formula is C20H27N3O4S. The van der Waals surface area contributed by atoms with Crippen LogP contribution in [0.5, 0.6) is 0 Å². The van der Waals surface area contributed by atoms with E-state index in [0.717, 1.165) is 24.4 Å². The summed E-state index contributed by atoms with van der Waals surface area (Å²) < 4.78 is 32.2. The van der Waals surface area contributed by atoms with Crippen LogP contribution in [-0.2, 0) is 21.4 Å². The Morgan fingerprint density at radius 3 is 2.39 bits per heavy atom. The van der Waals surface area contributed by atoms with Crippen LogP contribution in [0.4, 0.5) is 5.69 Å². The van der Waals surface area contributed by atoms with Crippen LogP contribution in [0.3, 0.4) is 0 Å². The van der Waals surface area contributed by atoms with Gasteiger partial charge in [0.15, 0.2) is 0 Å². The number of hydrogen-bond donors (Lipinski definition) is 1. The number of hydrogen-bond acceptors (Lipinski definition) is 5. The van der Waals surface area contributed by atoms with Crippen LogP contribution in [0, 0.1) is 6.92 Å². The van der Waals surface area contributed by atoms with E-state index >= 15 is 0 Å². The van der Waals surface area contributed by atoms with Gasteiger partial charge in [-0.25, -0.2) is 8.42 Å². The van der Waals surface area contributed by atoms with Crippen molar-refractivity contribution in [2.24, 2.45) is 0 Å². The van der Waals surface area contributed by atoms with E-state index in [4.69, 9.17) is 4.42 Å². The van der Waals surface area contributed by atoms with Gasteiger partial charge in [0.2, 0.25) is 15.9 Å². The number of aryl methyl sites for hydroxylation is 1. The SMILES string of the molecule is Cc1ccc(CN(C)C(C)C(=O)Nc2ccc(S(=O)(=O)N3CCCC3)cc2)o1. The van der Waals surface area contributed by atoms with Crippen LogP contribution in [0.15, 0.2) is 45.7 Å². The number of carbonyl (C=O) groups is 1. The first-order valence-corrected chi connectivity index (χ1v) is 10.9. The number of sulfonamides is 1. The first-order valence-electron chi connectivity index (χ1n) is 9.44. The lowest BCUT2D eigenvalue weighted by molar-refractivity contribution is -0.120. The molecular weight excluding hydrogens is 378 g/mol. The minimum Gasteiger partial charge on any atom is -0.465 e. The van der Waals surface area contributed by atoms with E-state index in [1.54, 1.807) is 24.3 Å². The summed E-state index contributed by atoms with van der Waals surface area (Å²) in [7, 11) is -1.59. The highest BCUT2D eigenvalue weighted by Gasteiger charge is 2.27. The predicted octanol–water partition coefficient (Wildman–Crippen LogP) is 2.83. The lowest BCUT2D eigenvalue weighted by atomic mass is 10.2. The number of amides is 1. The van der Waals surface area contributed by atoms with Gasteiger partial charge >= 0.3 is 0 Å². The Balaban J connectivity index is 1.60. The molecule has 1 amide bonds. The van der Waals surface area contributed by atoms with Gasteiger partial charge in [-0.3, -0.25) is 9.69 Å². The van der Waals surface area contributed by atoms with E-state index < -0.39 is 10.0 Å². The molecule has 28 heavy (non-hydrogen) atoms. The summed E-state index contributed by atoms with van der Waals surface area (Å²) >= 11 is 0. The summed E-state index contributed by atoms with van der Waals surface area (Å²) in [4.78, 5) is 14.7. The van der Waals surface area contributed by atoms with Crippen molar-refractivity contribution in [3.8, 4) is 0 Å². The molecule has 2 heterocycles. The number of rotatable bonds is 7. The molecule has 0 saturated carbocycles. The summed E-state index contributed by atoms with van der Waals surface area (Å²) in [6, 6.07) is 9.76. The van der Waals surface area contributed by atoms with Crippen molar-refractivity contribution in [2.75, 3.05) is 25.5 Å². The van der Waals surface area contributed by atoms with Crippen molar-refractivity contribution < 1.29 is 17.6 Å². The highest BCUT2D eigenvalue weighted by atomic mass is 32.2. The number of likely N-dealkylation sites (N-methyl/N-ethyl adjacent to an activating group) is 1. The molecule has 1 aliphatic rings. The van der Waals surface area contributed by atoms with Gasteiger partial charge in [0.1, 0.15) is 11.5 Å². The van der Waals surface area contributed by atoms with Gasteiger partial charge in [-0.05, 0) is 70.1 Å². The van der Waals surface area contributed by atoms with Gasteiger partial charge < -0.3 is 9.73 Å². The van der Waals surface area contributed by atoms with Crippen molar-refractivity contribution in [3.63, 3.8) is 0 Å². The molecule has 0 spiro atoms. The fourth-order valence-corrected chi connectivity index (χ4v) is 4.70. The highest BCUT2D eigenvalue weighted by molar-refractivity contribution is 7.89. The monoisotopic (exact) mass is 405 g/mol. The molecule has 0 bridgehead atoms. The van der Waals surface area contributed by atoms with Gasteiger partial charge in [-0.2, -0.15) is 4.31 Å². The van der Waals surface area contributed by atoms with E-state index in [1.165, 1.54) is 4.31 Å². The predicted molar refractivity (Wildman–Crippen MR) is 107 cm³/mol. The van der Waals surface area contributed by atoms with Crippen LogP contribution < -0.4 is 5.32 Å². The van der Waals surface area contributed by atoms with Crippen LogP contribution in [-0.4, -0.2) is 49.7 Å². The fourth-order valence-electron chi connectivity index (χ4n) is 3.19. The molecule has 7 nitrogen and oxygen atoms in total. The molecule has 8 heteroatoms. The molecule has 1 saturated heterocycles. The quantitative estimate of drug-likeness (QED) is 0.766. The molecule has 1 aromatic heterocycles. The fraction of sp³-hybridized carbons (Fsp3) is 0.450. The lowest BCUT2D eigenvalue weighted by Crippen LogP contribution is -2.39. The third-order valence-corrected chi connectivity index (χ3v) is 6.98. The Kier molecular flexibility index (Phi) is 6.22. The van der Waals surface area contributed by atoms with Crippen molar-refractivity contribution in [1.82, 2.24) is 9.21 Å². The van der Waals surface area contributed by atoms with Gasteiger partial charge in [0.05, 0.1) is 17.5 Å². The topological polar surface area (TPSA) is 82.9 Å². The average molecular weight is 406 g/mol. The van der Waals surface area contributed by atoms with Crippen LogP contribution in [0.2, 0.25) is 0 Å².